The van der Waals surface area contributed by atoms with Crippen molar-refractivity contribution in [3.8, 4) is 0 Å². The van der Waals surface area contributed by atoms with Gasteiger partial charge in [-0.1, -0.05) is 12.1 Å². The summed E-state index contributed by atoms with van der Waals surface area (Å²) in [6, 6.07) is 8.61. The van der Waals surface area contributed by atoms with Crippen LogP contribution >= 0.6 is 11.3 Å². The van der Waals surface area contributed by atoms with Gasteiger partial charge in [0, 0.05) is 13.1 Å². The number of likely N-dealkylation sites (tertiary alicyclic amines) is 1. The molecule has 0 radical (unpaired) electrons. The Kier molecular flexibility index (Phi) is 5.09. The van der Waals surface area contributed by atoms with E-state index in [1.54, 1.807) is 23.5 Å². The van der Waals surface area contributed by atoms with Gasteiger partial charge in [0.2, 0.25) is 5.91 Å². The monoisotopic (exact) mass is 372 g/mol. The molecule has 2 aromatic rings. The Labute approximate surface area is 158 Å². The molecule has 1 aliphatic heterocycles. The van der Waals surface area contributed by atoms with Crippen molar-refractivity contribution in [3.63, 3.8) is 0 Å². The second-order valence-electron chi connectivity index (χ2n) is 7.65. The number of thiophene rings is 1. The van der Waals surface area contributed by atoms with Gasteiger partial charge in [-0.15, -0.1) is 0 Å². The summed E-state index contributed by atoms with van der Waals surface area (Å²) < 4.78 is 13.1. The first kappa shape index (κ1) is 17.7. The summed E-state index contributed by atoms with van der Waals surface area (Å²) >= 11 is 1.75. The lowest BCUT2D eigenvalue weighted by molar-refractivity contribution is -0.123. The third-order valence-corrected chi connectivity index (χ3v) is 6.56. The molecule has 2 heterocycles. The fourth-order valence-corrected chi connectivity index (χ4v) is 4.60. The van der Waals surface area contributed by atoms with Crippen LogP contribution in [0.3, 0.4) is 0 Å². The van der Waals surface area contributed by atoms with E-state index < -0.39 is 5.41 Å². The zero-order valence-corrected chi connectivity index (χ0v) is 15.7. The number of hydrogen-bond acceptors (Lipinski definition) is 3. The van der Waals surface area contributed by atoms with E-state index in [1.807, 2.05) is 0 Å². The molecule has 1 saturated heterocycles. The predicted octanol–water partition coefficient (Wildman–Crippen LogP) is 3.95. The third kappa shape index (κ3) is 3.84. The normalized spacial score (nSPS) is 20.0. The lowest BCUT2D eigenvalue weighted by atomic mass is 9.93. The summed E-state index contributed by atoms with van der Waals surface area (Å²) in [6.07, 6.45) is 4.00. The Morgan fingerprint density at radius 3 is 2.54 bits per heavy atom. The highest BCUT2D eigenvalue weighted by atomic mass is 32.1. The van der Waals surface area contributed by atoms with E-state index in [9.17, 15) is 9.18 Å². The molecule has 0 spiro atoms. The van der Waals surface area contributed by atoms with Crippen molar-refractivity contribution in [2.75, 3.05) is 19.6 Å². The number of hydrogen-bond donors (Lipinski definition) is 1. The van der Waals surface area contributed by atoms with Gasteiger partial charge in [0.1, 0.15) is 5.82 Å². The number of benzene rings is 1. The molecule has 0 unspecified atom stereocenters. The van der Waals surface area contributed by atoms with E-state index in [0.717, 1.165) is 57.4 Å². The van der Waals surface area contributed by atoms with Crippen LogP contribution in [0.5, 0.6) is 0 Å². The first-order valence-corrected chi connectivity index (χ1v) is 10.4. The Morgan fingerprint density at radius 1 is 1.19 bits per heavy atom. The topological polar surface area (TPSA) is 32.3 Å². The van der Waals surface area contributed by atoms with Crippen LogP contribution in [0.25, 0.3) is 0 Å². The standard InChI is InChI=1S/C21H25FN2OS/c22-19-3-1-18(2-4-19)21(8-9-21)20(25)23-13-16-5-10-24(11-6-16)14-17-7-12-26-15-17/h1-4,7,12,15-16H,5-6,8-11,13-14H2,(H,23,25). The van der Waals surface area contributed by atoms with Gasteiger partial charge in [0.25, 0.3) is 0 Å². The summed E-state index contributed by atoms with van der Waals surface area (Å²) in [7, 11) is 0. The van der Waals surface area contributed by atoms with Gasteiger partial charge in [-0.05, 0) is 84.8 Å². The average Bonchev–Trinajstić information content (AvgIpc) is 3.32. The molecule has 2 fully saturated rings. The molecule has 4 rings (SSSR count). The summed E-state index contributed by atoms with van der Waals surface area (Å²) in [5, 5.41) is 7.53. The zero-order chi connectivity index (χ0) is 18.0. The van der Waals surface area contributed by atoms with Crippen molar-refractivity contribution in [2.45, 2.75) is 37.6 Å². The van der Waals surface area contributed by atoms with E-state index in [-0.39, 0.29) is 11.7 Å². The minimum Gasteiger partial charge on any atom is -0.355 e. The highest BCUT2D eigenvalue weighted by Crippen LogP contribution is 2.48. The Balaban J connectivity index is 1.25. The van der Waals surface area contributed by atoms with Gasteiger partial charge in [0.15, 0.2) is 0 Å². The van der Waals surface area contributed by atoms with Gasteiger partial charge < -0.3 is 5.32 Å². The maximum atomic E-state index is 13.1. The first-order chi connectivity index (χ1) is 12.7. The van der Waals surface area contributed by atoms with Crippen molar-refractivity contribution < 1.29 is 9.18 Å². The van der Waals surface area contributed by atoms with Crippen molar-refractivity contribution in [3.05, 3.63) is 58.0 Å². The van der Waals surface area contributed by atoms with Crippen LogP contribution in [-0.4, -0.2) is 30.4 Å². The molecule has 2 aliphatic rings. The molecular formula is C21H25FN2OS. The Morgan fingerprint density at radius 2 is 1.92 bits per heavy atom. The first-order valence-electron chi connectivity index (χ1n) is 9.43. The third-order valence-electron chi connectivity index (χ3n) is 5.83. The SMILES string of the molecule is O=C(NCC1CCN(Cc2ccsc2)CC1)C1(c2ccc(F)cc2)CC1. The molecule has 138 valence electrons. The van der Waals surface area contributed by atoms with Crippen LogP contribution < -0.4 is 5.32 Å². The molecule has 1 saturated carbocycles. The summed E-state index contributed by atoms with van der Waals surface area (Å²) in [6.45, 7) is 3.99. The number of nitrogens with one attached hydrogen (secondary N) is 1. The lowest BCUT2D eigenvalue weighted by Crippen LogP contribution is -2.41. The van der Waals surface area contributed by atoms with Crippen molar-refractivity contribution in [1.29, 1.82) is 0 Å². The molecule has 5 heteroatoms. The van der Waals surface area contributed by atoms with Crippen LogP contribution in [0, 0.1) is 11.7 Å². The molecule has 26 heavy (non-hydrogen) atoms. The number of carbonyl (C=O) groups is 1. The molecule has 0 bridgehead atoms. The lowest BCUT2D eigenvalue weighted by Gasteiger charge is -2.32. The van der Waals surface area contributed by atoms with E-state index in [0.29, 0.717) is 5.92 Å². The number of rotatable bonds is 6. The Hall–Kier alpha value is -1.72. The Bertz CT molecular complexity index is 732. The van der Waals surface area contributed by atoms with Crippen LogP contribution in [0.4, 0.5) is 4.39 Å². The van der Waals surface area contributed by atoms with E-state index >= 15 is 0 Å². The fourth-order valence-electron chi connectivity index (χ4n) is 3.94. The van der Waals surface area contributed by atoms with Gasteiger partial charge in [-0.25, -0.2) is 4.39 Å². The van der Waals surface area contributed by atoms with Gasteiger partial charge >= 0.3 is 0 Å². The minimum absolute atomic E-state index is 0.116. The van der Waals surface area contributed by atoms with Crippen LogP contribution in [0.2, 0.25) is 0 Å². The number of carbonyl (C=O) groups excluding carboxylic acids is 1. The second kappa shape index (κ2) is 7.49. The maximum absolute atomic E-state index is 13.1. The minimum atomic E-state index is -0.409. The quantitative estimate of drug-likeness (QED) is 0.833. The second-order valence-corrected chi connectivity index (χ2v) is 8.43. The number of piperidine rings is 1. The van der Waals surface area contributed by atoms with E-state index in [2.05, 4.69) is 27.0 Å². The molecule has 1 aromatic heterocycles. The maximum Gasteiger partial charge on any atom is 0.230 e. The summed E-state index contributed by atoms with van der Waals surface area (Å²) in [4.78, 5) is 15.2. The van der Waals surface area contributed by atoms with Crippen LogP contribution in [-0.2, 0) is 16.8 Å². The van der Waals surface area contributed by atoms with Gasteiger partial charge in [-0.3, -0.25) is 9.69 Å². The molecule has 0 atom stereocenters. The molecular weight excluding hydrogens is 347 g/mol. The smallest absolute Gasteiger partial charge is 0.230 e. The average molecular weight is 373 g/mol. The number of nitrogens with zero attached hydrogens (tertiary/aromatic N) is 1. The number of halogens is 1. The highest BCUT2D eigenvalue weighted by Gasteiger charge is 2.51. The summed E-state index contributed by atoms with van der Waals surface area (Å²) in [5.74, 6) is 0.422. The largest absolute Gasteiger partial charge is 0.355 e. The molecule has 1 aliphatic carbocycles. The van der Waals surface area contributed by atoms with Crippen molar-refractivity contribution >= 4 is 17.2 Å². The van der Waals surface area contributed by atoms with Crippen molar-refractivity contribution in [1.82, 2.24) is 10.2 Å². The van der Waals surface area contributed by atoms with Crippen molar-refractivity contribution in [2.24, 2.45) is 5.92 Å². The summed E-state index contributed by atoms with van der Waals surface area (Å²) in [5.41, 5.74) is 1.94. The van der Waals surface area contributed by atoms with E-state index in [1.165, 1.54) is 17.7 Å². The van der Waals surface area contributed by atoms with E-state index in [4.69, 9.17) is 0 Å². The highest BCUT2D eigenvalue weighted by molar-refractivity contribution is 7.07. The molecule has 1 amide bonds. The number of amides is 1. The molecule has 3 nitrogen and oxygen atoms in total. The molecule has 1 N–H and O–H groups in total. The van der Waals surface area contributed by atoms with Crippen LogP contribution in [0.1, 0.15) is 36.8 Å². The van der Waals surface area contributed by atoms with Gasteiger partial charge in [-0.2, -0.15) is 11.3 Å². The van der Waals surface area contributed by atoms with Crippen LogP contribution in [0.15, 0.2) is 41.1 Å². The van der Waals surface area contributed by atoms with Gasteiger partial charge in [0.05, 0.1) is 5.41 Å². The predicted molar refractivity (Wildman–Crippen MR) is 103 cm³/mol. The molecule has 1 aromatic carbocycles. The fraction of sp³-hybridized carbons (Fsp3) is 0.476. The zero-order valence-electron chi connectivity index (χ0n) is 14.9.